The zero-order chi connectivity index (χ0) is 24.1. The van der Waals surface area contributed by atoms with Gasteiger partial charge in [-0.05, 0) is 117 Å². The number of fused-ring (bicyclic) bond motifs is 5. The monoisotopic (exact) mass is 485 g/mol. The molecule has 1 aromatic carbocycles. The molecule has 0 spiro atoms. The number of ether oxygens (including phenoxy) is 1. The van der Waals surface area contributed by atoms with E-state index in [-0.39, 0.29) is 11.3 Å². The van der Waals surface area contributed by atoms with Crippen molar-refractivity contribution in [3.05, 3.63) is 24.3 Å². The molecule has 188 valence electrons. The number of anilines is 1. The van der Waals surface area contributed by atoms with Crippen LogP contribution in [-0.4, -0.2) is 36.0 Å². The molecular weight excluding hydrogens is 442 g/mol. The highest BCUT2D eigenvalue weighted by Gasteiger charge is 2.62. The van der Waals surface area contributed by atoms with Gasteiger partial charge in [-0.3, -0.25) is 4.79 Å². The fourth-order valence-corrected chi connectivity index (χ4v) is 9.91. The first-order chi connectivity index (χ1) is 16.2. The lowest BCUT2D eigenvalue weighted by atomic mass is 9.44. The average Bonchev–Trinajstić information content (AvgIpc) is 3.16. The van der Waals surface area contributed by atoms with E-state index in [1.165, 1.54) is 32.1 Å². The Morgan fingerprint density at radius 2 is 1.76 bits per heavy atom. The van der Waals surface area contributed by atoms with E-state index in [4.69, 9.17) is 10.5 Å². The Morgan fingerprint density at radius 3 is 2.50 bits per heavy atom. The summed E-state index contributed by atoms with van der Waals surface area (Å²) in [5.41, 5.74) is 6.43. The number of benzene rings is 1. The molecule has 0 aliphatic heterocycles. The lowest BCUT2D eigenvalue weighted by molar-refractivity contribution is -0.163. The minimum atomic E-state index is -0.637. The fourth-order valence-electron chi connectivity index (χ4n) is 9.07. The highest BCUT2D eigenvalue weighted by atomic mass is 32.2. The summed E-state index contributed by atoms with van der Waals surface area (Å²) in [6.45, 7) is 5.45. The third kappa shape index (κ3) is 4.14. The lowest BCUT2D eigenvalue weighted by Gasteiger charge is -2.62. The SMILES string of the molecule is COC[C@@]1(O)CC[C@@]2(C)[C@@H](CC[C@@H]3[C@@H]2CC[C@]2(C)[C@@H](C(=O)CSc4ccc(N)cc4)CC[C@@H]32)C1. The third-order valence-corrected chi connectivity index (χ3v) is 11.9. The van der Waals surface area contributed by atoms with Crippen molar-refractivity contribution in [3.63, 3.8) is 0 Å². The van der Waals surface area contributed by atoms with Gasteiger partial charge in [0.15, 0.2) is 0 Å². The molecule has 4 aliphatic carbocycles. The highest BCUT2D eigenvalue weighted by Crippen LogP contribution is 2.68. The molecule has 0 radical (unpaired) electrons. The fraction of sp³-hybridized carbons (Fsp3) is 0.759. The molecule has 3 N–H and O–H groups in total. The van der Waals surface area contributed by atoms with Crippen LogP contribution < -0.4 is 5.73 Å². The highest BCUT2D eigenvalue weighted by molar-refractivity contribution is 8.00. The van der Waals surface area contributed by atoms with Crippen LogP contribution in [0.15, 0.2) is 29.2 Å². The van der Waals surface area contributed by atoms with Crippen LogP contribution in [0.5, 0.6) is 0 Å². The quantitative estimate of drug-likeness (QED) is 0.384. The molecule has 34 heavy (non-hydrogen) atoms. The first-order valence-corrected chi connectivity index (χ1v) is 14.4. The van der Waals surface area contributed by atoms with Gasteiger partial charge in [-0.2, -0.15) is 0 Å². The van der Waals surface area contributed by atoms with Crippen molar-refractivity contribution in [2.24, 2.45) is 40.4 Å². The predicted octanol–water partition coefficient (Wildman–Crippen LogP) is 5.97. The van der Waals surface area contributed by atoms with Gasteiger partial charge in [0.05, 0.1) is 18.0 Å². The second kappa shape index (κ2) is 9.12. The molecule has 1 aromatic rings. The van der Waals surface area contributed by atoms with Gasteiger partial charge in [-0.25, -0.2) is 0 Å². The molecule has 4 aliphatic rings. The summed E-state index contributed by atoms with van der Waals surface area (Å²) in [5, 5.41) is 11.1. The number of nitrogen functional groups attached to an aromatic ring is 1. The number of hydrogen-bond donors (Lipinski definition) is 2. The molecule has 0 bridgehead atoms. The first-order valence-electron chi connectivity index (χ1n) is 13.4. The maximum atomic E-state index is 13.4. The van der Waals surface area contributed by atoms with E-state index < -0.39 is 5.60 Å². The Bertz CT molecular complexity index is 905. The Hall–Kier alpha value is -1.04. The van der Waals surface area contributed by atoms with Crippen LogP contribution in [0.25, 0.3) is 0 Å². The molecule has 0 amide bonds. The van der Waals surface area contributed by atoms with Gasteiger partial charge in [0.2, 0.25) is 0 Å². The van der Waals surface area contributed by atoms with Gasteiger partial charge >= 0.3 is 0 Å². The molecule has 8 atom stereocenters. The maximum absolute atomic E-state index is 13.4. The van der Waals surface area contributed by atoms with E-state index in [9.17, 15) is 9.90 Å². The van der Waals surface area contributed by atoms with Crippen LogP contribution in [0.2, 0.25) is 0 Å². The molecule has 5 rings (SSSR count). The van der Waals surface area contributed by atoms with Crippen LogP contribution >= 0.6 is 11.8 Å². The number of nitrogens with two attached hydrogens (primary N) is 1. The summed E-state index contributed by atoms with van der Waals surface area (Å²) in [4.78, 5) is 14.6. The van der Waals surface area contributed by atoms with E-state index in [1.54, 1.807) is 18.9 Å². The first kappa shape index (κ1) is 24.6. The van der Waals surface area contributed by atoms with E-state index in [0.29, 0.717) is 35.4 Å². The molecule has 4 nitrogen and oxygen atoms in total. The summed E-state index contributed by atoms with van der Waals surface area (Å²) < 4.78 is 5.37. The molecule has 0 aromatic heterocycles. The number of Topliss-reactive ketones (excluding diaryl/α,β-unsaturated/α-hetero) is 1. The van der Waals surface area contributed by atoms with Crippen molar-refractivity contribution < 1.29 is 14.6 Å². The number of ketones is 1. The van der Waals surface area contributed by atoms with Crippen molar-refractivity contribution in [2.75, 3.05) is 25.2 Å². The zero-order valence-electron chi connectivity index (χ0n) is 21.2. The summed E-state index contributed by atoms with van der Waals surface area (Å²) >= 11 is 1.66. The van der Waals surface area contributed by atoms with Crippen LogP contribution in [-0.2, 0) is 9.53 Å². The summed E-state index contributed by atoms with van der Waals surface area (Å²) in [5.74, 6) is 4.01. The molecule has 0 unspecified atom stereocenters. The van der Waals surface area contributed by atoms with Gasteiger partial charge in [0.25, 0.3) is 0 Å². The van der Waals surface area contributed by atoms with Gasteiger partial charge in [-0.1, -0.05) is 13.8 Å². The topological polar surface area (TPSA) is 72.5 Å². The zero-order valence-corrected chi connectivity index (χ0v) is 22.0. The molecule has 0 heterocycles. The van der Waals surface area contributed by atoms with Crippen LogP contribution in [0.3, 0.4) is 0 Å². The predicted molar refractivity (Wildman–Crippen MR) is 139 cm³/mol. The third-order valence-electron chi connectivity index (χ3n) is 10.9. The second-order valence-corrected chi connectivity index (χ2v) is 13.6. The average molecular weight is 486 g/mol. The number of carbonyl (C=O) groups excluding carboxylic acids is 1. The summed E-state index contributed by atoms with van der Waals surface area (Å²) in [6, 6.07) is 7.88. The minimum Gasteiger partial charge on any atom is -0.399 e. The smallest absolute Gasteiger partial charge is 0.146 e. The standard InChI is InChI=1S/C29H43NO3S/c1-27-14-15-29(32,18-33-3)16-19(27)4-9-22-23-10-11-25(28(23,2)13-12-24(22)27)26(31)17-34-21-7-5-20(30)6-8-21/h5-8,19,22-25,32H,4,9-18,30H2,1-3H3/t19-,22-,23-,24-,25+,27-,28-,29+/m0/s1. The summed E-state index contributed by atoms with van der Waals surface area (Å²) in [6.07, 6.45) is 10.1. The van der Waals surface area contributed by atoms with Crippen molar-refractivity contribution in [2.45, 2.75) is 82.1 Å². The normalized spacial score (nSPS) is 43.6. The van der Waals surface area contributed by atoms with Crippen LogP contribution in [0, 0.1) is 40.4 Å². The molecular formula is C29H43NO3S. The maximum Gasteiger partial charge on any atom is 0.146 e. The van der Waals surface area contributed by atoms with E-state index >= 15 is 0 Å². The Kier molecular flexibility index (Phi) is 6.61. The molecule has 4 fully saturated rings. The Labute approximate surface area is 209 Å². The molecule has 4 saturated carbocycles. The van der Waals surface area contributed by atoms with Gasteiger partial charge < -0.3 is 15.6 Å². The molecule has 5 heteroatoms. The number of carbonyl (C=O) groups is 1. The Balaban J connectivity index is 1.27. The van der Waals surface area contributed by atoms with Crippen molar-refractivity contribution >= 4 is 23.2 Å². The number of methoxy groups -OCH3 is 1. The number of thioether (sulfide) groups is 1. The number of rotatable bonds is 6. The van der Waals surface area contributed by atoms with Crippen LogP contribution in [0.4, 0.5) is 5.69 Å². The van der Waals surface area contributed by atoms with Crippen molar-refractivity contribution in [1.82, 2.24) is 0 Å². The van der Waals surface area contributed by atoms with Crippen LogP contribution in [0.1, 0.15) is 71.6 Å². The number of aliphatic hydroxyl groups is 1. The van der Waals surface area contributed by atoms with Gasteiger partial charge in [0, 0.05) is 23.6 Å². The lowest BCUT2D eigenvalue weighted by Crippen LogP contribution is -2.56. The van der Waals surface area contributed by atoms with Gasteiger partial charge in [-0.15, -0.1) is 11.8 Å². The summed E-state index contributed by atoms with van der Waals surface area (Å²) in [7, 11) is 1.71. The second-order valence-electron chi connectivity index (χ2n) is 12.5. The minimum absolute atomic E-state index is 0.161. The molecule has 0 saturated heterocycles. The van der Waals surface area contributed by atoms with Crippen molar-refractivity contribution in [3.8, 4) is 0 Å². The largest absolute Gasteiger partial charge is 0.399 e. The number of hydrogen-bond acceptors (Lipinski definition) is 5. The van der Waals surface area contributed by atoms with E-state index in [0.717, 1.165) is 48.1 Å². The van der Waals surface area contributed by atoms with Crippen molar-refractivity contribution in [1.29, 1.82) is 0 Å². The Morgan fingerprint density at radius 1 is 1.03 bits per heavy atom. The van der Waals surface area contributed by atoms with Gasteiger partial charge in [0.1, 0.15) is 5.78 Å². The van der Waals surface area contributed by atoms with E-state index in [1.807, 2.05) is 24.3 Å². The van der Waals surface area contributed by atoms with E-state index in [2.05, 4.69) is 13.8 Å².